The molecule has 0 spiro atoms. The molecule has 1 nitrogen and oxygen atoms in total. The summed E-state index contributed by atoms with van der Waals surface area (Å²) in [6.07, 6.45) is 0. The van der Waals surface area contributed by atoms with E-state index in [0.717, 1.165) is 6.07 Å². The van der Waals surface area contributed by atoms with Gasteiger partial charge in [0.1, 0.15) is 17.5 Å². The number of hydrogen-bond acceptors (Lipinski definition) is 1. The van der Waals surface area contributed by atoms with Crippen LogP contribution >= 0.6 is 15.9 Å². The van der Waals surface area contributed by atoms with Gasteiger partial charge in [-0.1, -0.05) is 18.2 Å². The predicted molar refractivity (Wildman–Crippen MR) is 71.2 cm³/mol. The van der Waals surface area contributed by atoms with Gasteiger partial charge in [0.05, 0.1) is 10.5 Å². The Labute approximate surface area is 117 Å². The van der Waals surface area contributed by atoms with Gasteiger partial charge in [0.15, 0.2) is 0 Å². The maximum atomic E-state index is 14.0. The molecule has 0 bridgehead atoms. The average Bonchev–Trinajstić information content (AvgIpc) is 2.37. The van der Waals surface area contributed by atoms with Gasteiger partial charge >= 0.3 is 0 Å². The largest absolute Gasteiger partial charge is 0.320 e. The average molecular weight is 330 g/mol. The summed E-state index contributed by atoms with van der Waals surface area (Å²) in [7, 11) is 0. The van der Waals surface area contributed by atoms with Gasteiger partial charge in [0, 0.05) is 11.1 Å². The lowest BCUT2D eigenvalue weighted by Crippen LogP contribution is -2.18. The van der Waals surface area contributed by atoms with E-state index < -0.39 is 23.5 Å². The number of halogens is 4. The number of hydrogen-bond donors (Lipinski definition) is 1. The molecule has 19 heavy (non-hydrogen) atoms. The summed E-state index contributed by atoms with van der Waals surface area (Å²) in [6.45, 7) is 1.50. The van der Waals surface area contributed by atoms with Gasteiger partial charge < -0.3 is 5.73 Å². The summed E-state index contributed by atoms with van der Waals surface area (Å²) in [6, 6.07) is 5.72. The SMILES string of the molecule is Cc1ccc(F)c(C(N)c2cccc(Br)c2F)c1F. The Kier molecular flexibility index (Phi) is 3.96. The molecule has 2 N–H and O–H groups in total. The van der Waals surface area contributed by atoms with E-state index >= 15 is 0 Å². The molecular weight excluding hydrogens is 319 g/mol. The third-order valence-corrected chi connectivity index (χ3v) is 3.56. The molecule has 0 saturated heterocycles. The number of rotatable bonds is 2. The van der Waals surface area contributed by atoms with E-state index in [9.17, 15) is 13.2 Å². The van der Waals surface area contributed by atoms with Crippen molar-refractivity contribution in [3.63, 3.8) is 0 Å². The first-order chi connectivity index (χ1) is 8.93. The van der Waals surface area contributed by atoms with Gasteiger partial charge in [0.25, 0.3) is 0 Å². The third-order valence-electron chi connectivity index (χ3n) is 2.95. The number of nitrogens with two attached hydrogens (primary N) is 1. The molecule has 5 heteroatoms. The highest BCUT2D eigenvalue weighted by molar-refractivity contribution is 9.10. The van der Waals surface area contributed by atoms with Crippen molar-refractivity contribution < 1.29 is 13.2 Å². The Bertz CT molecular complexity index is 628. The first-order valence-corrected chi connectivity index (χ1v) is 6.36. The maximum absolute atomic E-state index is 14.0. The zero-order chi connectivity index (χ0) is 14.2. The van der Waals surface area contributed by atoms with Crippen molar-refractivity contribution in [2.75, 3.05) is 0 Å². The first kappa shape index (κ1) is 14.1. The molecule has 2 aromatic rings. The highest BCUT2D eigenvalue weighted by Gasteiger charge is 2.23. The topological polar surface area (TPSA) is 26.0 Å². The molecule has 2 aromatic carbocycles. The van der Waals surface area contributed by atoms with Crippen LogP contribution in [0.2, 0.25) is 0 Å². The van der Waals surface area contributed by atoms with Crippen LogP contribution in [0.25, 0.3) is 0 Å². The van der Waals surface area contributed by atoms with Crippen LogP contribution in [0.1, 0.15) is 22.7 Å². The molecule has 0 aromatic heterocycles. The lowest BCUT2D eigenvalue weighted by molar-refractivity contribution is 0.527. The van der Waals surface area contributed by atoms with Gasteiger partial charge in [-0.2, -0.15) is 0 Å². The molecule has 0 radical (unpaired) electrons. The van der Waals surface area contributed by atoms with E-state index in [1.807, 2.05) is 0 Å². The monoisotopic (exact) mass is 329 g/mol. The predicted octanol–water partition coefficient (Wildman–Crippen LogP) is 4.22. The van der Waals surface area contributed by atoms with E-state index in [1.165, 1.54) is 25.1 Å². The quantitative estimate of drug-likeness (QED) is 0.876. The van der Waals surface area contributed by atoms with Crippen molar-refractivity contribution in [3.05, 3.63) is 68.9 Å². The molecule has 0 aliphatic heterocycles. The van der Waals surface area contributed by atoms with Gasteiger partial charge in [0.2, 0.25) is 0 Å². The van der Waals surface area contributed by atoms with E-state index in [1.54, 1.807) is 6.07 Å². The van der Waals surface area contributed by atoms with Crippen LogP contribution in [0.15, 0.2) is 34.8 Å². The van der Waals surface area contributed by atoms with Crippen LogP contribution in [-0.2, 0) is 0 Å². The van der Waals surface area contributed by atoms with E-state index in [-0.39, 0.29) is 21.2 Å². The zero-order valence-electron chi connectivity index (χ0n) is 10.1. The van der Waals surface area contributed by atoms with Crippen LogP contribution in [0.3, 0.4) is 0 Å². The molecule has 1 unspecified atom stereocenters. The Balaban J connectivity index is 2.59. The summed E-state index contributed by atoms with van der Waals surface area (Å²) >= 11 is 3.02. The highest BCUT2D eigenvalue weighted by atomic mass is 79.9. The number of aryl methyl sites for hydroxylation is 1. The van der Waals surface area contributed by atoms with Crippen molar-refractivity contribution in [3.8, 4) is 0 Å². The number of benzene rings is 2. The fourth-order valence-electron chi connectivity index (χ4n) is 1.88. The molecular formula is C14H11BrF3N. The molecule has 0 heterocycles. The molecule has 1 atom stereocenters. The summed E-state index contributed by atoms with van der Waals surface area (Å²) in [5, 5.41) is 0. The highest BCUT2D eigenvalue weighted by Crippen LogP contribution is 2.30. The Morgan fingerprint density at radius 3 is 2.42 bits per heavy atom. The van der Waals surface area contributed by atoms with Crippen LogP contribution in [-0.4, -0.2) is 0 Å². The molecule has 0 fully saturated rings. The fraction of sp³-hybridized carbons (Fsp3) is 0.143. The molecule has 0 aliphatic rings. The third kappa shape index (κ3) is 2.53. The van der Waals surface area contributed by atoms with Gasteiger partial charge in [-0.05, 0) is 40.5 Å². The minimum Gasteiger partial charge on any atom is -0.320 e. The Morgan fingerprint density at radius 2 is 1.74 bits per heavy atom. The normalized spacial score (nSPS) is 12.5. The Hall–Kier alpha value is -1.33. The maximum Gasteiger partial charge on any atom is 0.142 e. The van der Waals surface area contributed by atoms with Crippen molar-refractivity contribution in [2.45, 2.75) is 13.0 Å². The lowest BCUT2D eigenvalue weighted by atomic mass is 9.96. The summed E-state index contributed by atoms with van der Waals surface area (Å²) in [5.74, 6) is -2.14. The van der Waals surface area contributed by atoms with Crippen molar-refractivity contribution in [2.24, 2.45) is 5.73 Å². The van der Waals surface area contributed by atoms with Gasteiger partial charge in [-0.25, -0.2) is 13.2 Å². The van der Waals surface area contributed by atoms with Gasteiger partial charge in [-0.15, -0.1) is 0 Å². The van der Waals surface area contributed by atoms with Gasteiger partial charge in [-0.3, -0.25) is 0 Å². The van der Waals surface area contributed by atoms with Crippen LogP contribution < -0.4 is 5.73 Å². The fourth-order valence-corrected chi connectivity index (χ4v) is 2.26. The van der Waals surface area contributed by atoms with Crippen molar-refractivity contribution >= 4 is 15.9 Å². The van der Waals surface area contributed by atoms with Crippen LogP contribution in [0.4, 0.5) is 13.2 Å². The molecule has 0 aliphatic carbocycles. The van der Waals surface area contributed by atoms with E-state index in [0.29, 0.717) is 0 Å². The van der Waals surface area contributed by atoms with Crippen molar-refractivity contribution in [1.29, 1.82) is 0 Å². The molecule has 2 rings (SSSR count). The zero-order valence-corrected chi connectivity index (χ0v) is 11.6. The summed E-state index contributed by atoms with van der Waals surface area (Å²) < 4.78 is 41.9. The summed E-state index contributed by atoms with van der Waals surface area (Å²) in [5.41, 5.74) is 5.80. The first-order valence-electron chi connectivity index (χ1n) is 5.57. The molecule has 100 valence electrons. The molecule has 0 saturated carbocycles. The second kappa shape index (κ2) is 5.35. The minimum absolute atomic E-state index is 0.0396. The Morgan fingerprint density at radius 1 is 1.05 bits per heavy atom. The smallest absolute Gasteiger partial charge is 0.142 e. The second-order valence-electron chi connectivity index (χ2n) is 4.21. The summed E-state index contributed by atoms with van der Waals surface area (Å²) in [4.78, 5) is 0. The second-order valence-corrected chi connectivity index (χ2v) is 5.07. The van der Waals surface area contributed by atoms with E-state index in [4.69, 9.17) is 5.73 Å². The standard InChI is InChI=1S/C14H11BrF3N/c1-7-5-6-10(16)11(12(7)17)14(19)8-3-2-4-9(15)13(8)18/h2-6,14H,19H2,1H3. The van der Waals surface area contributed by atoms with Crippen LogP contribution in [0, 0.1) is 24.4 Å². The minimum atomic E-state index is -1.20. The lowest BCUT2D eigenvalue weighted by Gasteiger charge is -2.16. The van der Waals surface area contributed by atoms with E-state index in [2.05, 4.69) is 15.9 Å². The van der Waals surface area contributed by atoms with Crippen molar-refractivity contribution in [1.82, 2.24) is 0 Å². The molecule has 0 amide bonds. The van der Waals surface area contributed by atoms with Crippen LogP contribution in [0.5, 0.6) is 0 Å².